The van der Waals surface area contributed by atoms with Gasteiger partial charge < -0.3 is 17.8 Å². The third kappa shape index (κ3) is 3.54. The average Bonchev–Trinajstić information content (AvgIpc) is 2.85. The second kappa shape index (κ2) is 7.00. The zero-order chi connectivity index (χ0) is 13.6. The fourth-order valence-electron chi connectivity index (χ4n) is 3.13. The van der Waals surface area contributed by atoms with Crippen molar-refractivity contribution in [1.82, 2.24) is 0 Å². The van der Waals surface area contributed by atoms with E-state index in [4.69, 9.17) is 13.3 Å². The van der Waals surface area contributed by atoms with E-state index in [1.807, 2.05) is 0 Å². The predicted molar refractivity (Wildman–Crippen MR) is 75.4 cm³/mol. The molecule has 0 atom stereocenters. The van der Waals surface area contributed by atoms with Gasteiger partial charge in [-0.15, -0.1) is 0 Å². The number of hydrogen-bond donors (Lipinski definition) is 0. The Morgan fingerprint density at radius 2 is 1.50 bits per heavy atom. The van der Waals surface area contributed by atoms with Crippen LogP contribution in [0.3, 0.4) is 0 Å². The smallest absolute Gasteiger partial charge is 0.377 e. The Labute approximate surface area is 113 Å². The summed E-state index contributed by atoms with van der Waals surface area (Å²) in [6.45, 7) is 8.58. The molecule has 0 aromatic rings. The topological polar surface area (TPSA) is 27.7 Å². The summed E-state index contributed by atoms with van der Waals surface area (Å²) in [5.41, 5.74) is 0. The summed E-state index contributed by atoms with van der Waals surface area (Å²) in [6, 6.07) is 1.64. The molecule has 1 rings (SSSR count). The highest BCUT2D eigenvalue weighted by Crippen LogP contribution is 2.26. The monoisotopic (exact) mass is 276 g/mol. The Kier molecular flexibility index (Phi) is 6.27. The molecule has 0 unspecified atom stereocenters. The van der Waals surface area contributed by atoms with Crippen molar-refractivity contribution < 1.29 is 17.8 Å². The summed E-state index contributed by atoms with van der Waals surface area (Å²) in [5, 5.41) is 0. The van der Waals surface area contributed by atoms with Crippen molar-refractivity contribution in [2.45, 2.75) is 45.2 Å². The molecule has 108 valence electrons. The van der Waals surface area contributed by atoms with Crippen LogP contribution >= 0.6 is 0 Å². The van der Waals surface area contributed by atoms with Crippen molar-refractivity contribution in [2.75, 3.05) is 41.0 Å². The molecule has 0 bridgehead atoms. The maximum absolute atomic E-state index is 5.48. The van der Waals surface area contributed by atoms with Crippen LogP contribution in [0.2, 0.25) is 6.04 Å². The van der Waals surface area contributed by atoms with Crippen molar-refractivity contribution in [3.63, 3.8) is 0 Å². The maximum Gasteiger partial charge on any atom is 0.500 e. The van der Waals surface area contributed by atoms with E-state index in [2.05, 4.69) is 13.8 Å². The molecule has 1 fully saturated rings. The van der Waals surface area contributed by atoms with E-state index in [0.29, 0.717) is 0 Å². The first-order valence-corrected chi connectivity index (χ1v) is 8.98. The second-order valence-corrected chi connectivity index (χ2v) is 8.68. The number of quaternary nitrogens is 1. The SMILES string of the molecule is CO[Si](CCC[N+]1(C(C)C)CCCC1)(OC)OC. The summed E-state index contributed by atoms with van der Waals surface area (Å²) >= 11 is 0. The van der Waals surface area contributed by atoms with E-state index in [9.17, 15) is 0 Å². The van der Waals surface area contributed by atoms with Crippen molar-refractivity contribution in [1.29, 1.82) is 0 Å². The lowest BCUT2D eigenvalue weighted by Crippen LogP contribution is -2.52. The zero-order valence-electron chi connectivity index (χ0n) is 12.7. The highest BCUT2D eigenvalue weighted by atomic mass is 28.4. The van der Waals surface area contributed by atoms with Crippen LogP contribution in [0.5, 0.6) is 0 Å². The highest BCUT2D eigenvalue weighted by molar-refractivity contribution is 6.60. The summed E-state index contributed by atoms with van der Waals surface area (Å²) in [4.78, 5) is 0. The minimum atomic E-state index is -2.37. The van der Waals surface area contributed by atoms with Gasteiger partial charge in [-0.05, 0) is 13.8 Å². The van der Waals surface area contributed by atoms with Crippen LogP contribution in [0.15, 0.2) is 0 Å². The molecule has 5 heteroatoms. The van der Waals surface area contributed by atoms with Gasteiger partial charge in [0.05, 0.1) is 25.7 Å². The summed E-state index contributed by atoms with van der Waals surface area (Å²) in [5.74, 6) is 0. The standard InChI is InChI=1S/C13H30NO3Si/c1-13(2)14(9-6-7-10-14)11-8-12-18(15-3,16-4)17-5/h13H,6-12H2,1-5H3/q+1. The lowest BCUT2D eigenvalue weighted by molar-refractivity contribution is -0.936. The van der Waals surface area contributed by atoms with Crippen LogP contribution in [0.1, 0.15) is 33.1 Å². The third-order valence-corrected chi connectivity index (χ3v) is 7.40. The van der Waals surface area contributed by atoms with Gasteiger partial charge in [0.15, 0.2) is 0 Å². The second-order valence-electron chi connectivity index (χ2n) is 5.59. The molecule has 0 radical (unpaired) electrons. The van der Waals surface area contributed by atoms with Crippen LogP contribution in [0.4, 0.5) is 0 Å². The minimum Gasteiger partial charge on any atom is -0.377 e. The van der Waals surface area contributed by atoms with Gasteiger partial charge in [0.2, 0.25) is 0 Å². The van der Waals surface area contributed by atoms with Gasteiger partial charge in [-0.2, -0.15) is 0 Å². The number of nitrogens with zero attached hydrogens (tertiary/aromatic N) is 1. The lowest BCUT2D eigenvalue weighted by atomic mass is 10.2. The van der Waals surface area contributed by atoms with Crippen LogP contribution in [-0.4, -0.2) is 60.3 Å². The molecule has 18 heavy (non-hydrogen) atoms. The molecule has 1 aliphatic rings. The normalized spacial score (nSPS) is 19.7. The Morgan fingerprint density at radius 1 is 1.00 bits per heavy atom. The Hall–Kier alpha value is 0.0569. The predicted octanol–water partition coefficient (Wildman–Crippen LogP) is 2.27. The van der Waals surface area contributed by atoms with E-state index in [1.165, 1.54) is 37.0 Å². The Balaban J connectivity index is 2.48. The molecule has 0 aliphatic carbocycles. The molecule has 0 aromatic carbocycles. The fraction of sp³-hybridized carbons (Fsp3) is 1.00. The van der Waals surface area contributed by atoms with Gasteiger partial charge >= 0.3 is 8.80 Å². The van der Waals surface area contributed by atoms with Gasteiger partial charge in [-0.3, -0.25) is 0 Å². The molecule has 1 heterocycles. The van der Waals surface area contributed by atoms with Gasteiger partial charge in [0.25, 0.3) is 0 Å². The third-order valence-electron chi connectivity index (χ3n) is 4.57. The fourth-order valence-corrected chi connectivity index (χ4v) is 4.83. The molecule has 1 saturated heterocycles. The van der Waals surface area contributed by atoms with E-state index < -0.39 is 8.80 Å². The maximum atomic E-state index is 5.48. The van der Waals surface area contributed by atoms with Gasteiger partial charge in [0, 0.05) is 46.6 Å². The van der Waals surface area contributed by atoms with Crippen LogP contribution in [0, 0.1) is 0 Å². The van der Waals surface area contributed by atoms with Crippen LogP contribution < -0.4 is 0 Å². The van der Waals surface area contributed by atoms with Gasteiger partial charge in [-0.25, -0.2) is 0 Å². The van der Waals surface area contributed by atoms with Crippen molar-refractivity contribution >= 4 is 8.80 Å². The van der Waals surface area contributed by atoms with Crippen molar-refractivity contribution in [2.24, 2.45) is 0 Å². The quantitative estimate of drug-likeness (QED) is 0.503. The molecule has 0 saturated carbocycles. The van der Waals surface area contributed by atoms with Gasteiger partial charge in [-0.1, -0.05) is 0 Å². The van der Waals surface area contributed by atoms with Crippen molar-refractivity contribution in [3.05, 3.63) is 0 Å². The average molecular weight is 276 g/mol. The lowest BCUT2D eigenvalue weighted by Gasteiger charge is -2.39. The summed E-state index contributed by atoms with van der Waals surface area (Å²) in [7, 11) is 2.72. The molecule has 0 N–H and O–H groups in total. The molecule has 1 aliphatic heterocycles. The Morgan fingerprint density at radius 3 is 1.89 bits per heavy atom. The first-order chi connectivity index (χ1) is 8.54. The van der Waals surface area contributed by atoms with E-state index >= 15 is 0 Å². The summed E-state index contributed by atoms with van der Waals surface area (Å²) in [6.07, 6.45) is 3.87. The van der Waals surface area contributed by atoms with Crippen molar-refractivity contribution in [3.8, 4) is 0 Å². The van der Waals surface area contributed by atoms with Crippen LogP contribution in [-0.2, 0) is 13.3 Å². The molecular formula is C13H30NO3Si+. The molecule has 0 spiro atoms. The summed E-state index contributed by atoms with van der Waals surface area (Å²) < 4.78 is 17.7. The Bertz CT molecular complexity index is 230. The highest BCUT2D eigenvalue weighted by Gasteiger charge is 2.40. The van der Waals surface area contributed by atoms with E-state index in [1.54, 1.807) is 21.3 Å². The molecule has 0 aromatic heterocycles. The first-order valence-electron chi connectivity index (χ1n) is 7.05. The number of hydrogen-bond acceptors (Lipinski definition) is 3. The zero-order valence-corrected chi connectivity index (χ0v) is 13.7. The number of rotatable bonds is 8. The molecular weight excluding hydrogens is 246 g/mol. The van der Waals surface area contributed by atoms with E-state index in [0.717, 1.165) is 18.5 Å². The van der Waals surface area contributed by atoms with Gasteiger partial charge in [0.1, 0.15) is 0 Å². The number of likely N-dealkylation sites (tertiary alicyclic amines) is 1. The molecule has 0 amide bonds. The first kappa shape index (κ1) is 16.1. The largest absolute Gasteiger partial charge is 0.500 e. The van der Waals surface area contributed by atoms with Crippen LogP contribution in [0.25, 0.3) is 0 Å². The molecule has 4 nitrogen and oxygen atoms in total. The van der Waals surface area contributed by atoms with E-state index in [-0.39, 0.29) is 0 Å². The minimum absolute atomic E-state index is 0.719.